The topological polar surface area (TPSA) is 56.7 Å². The van der Waals surface area contributed by atoms with E-state index >= 15 is 0 Å². The second-order valence-corrected chi connectivity index (χ2v) is 2.50. The number of nitrogen functional groups attached to an aromatic ring is 1. The predicted octanol–water partition coefficient (Wildman–Crippen LogP) is 0.207. The molecule has 0 fully saturated rings. The minimum Gasteiger partial charge on any atom is -0.323 e. The van der Waals surface area contributed by atoms with Gasteiger partial charge in [-0.2, -0.15) is 14.3 Å². The molecule has 0 unspecified atom stereocenters. The Hall–Kier alpha value is -1.10. The minimum atomic E-state index is 0.889. The third-order valence-corrected chi connectivity index (χ3v) is 1.85. The highest BCUT2D eigenvalue weighted by atomic mass is 32.1. The first-order valence-corrected chi connectivity index (χ1v) is 3.19. The van der Waals surface area contributed by atoms with Crippen LogP contribution in [0.5, 0.6) is 0 Å². The van der Waals surface area contributed by atoms with Crippen molar-refractivity contribution in [1.82, 2.24) is 14.3 Å². The summed E-state index contributed by atoms with van der Waals surface area (Å²) in [7, 11) is 0. The molecule has 4 nitrogen and oxygen atoms in total. The summed E-state index contributed by atoms with van der Waals surface area (Å²) >= 11 is 1.39. The van der Waals surface area contributed by atoms with Crippen molar-refractivity contribution in [2.75, 3.05) is 5.84 Å². The molecule has 0 bridgehead atoms. The first-order valence-electron chi connectivity index (χ1n) is 2.41. The van der Waals surface area contributed by atoms with E-state index in [2.05, 4.69) is 9.47 Å². The Bertz CT molecular complexity index is 322. The van der Waals surface area contributed by atoms with Crippen molar-refractivity contribution in [3.8, 4) is 0 Å². The molecule has 2 aromatic heterocycles. The Morgan fingerprint density at radius 3 is 3.22 bits per heavy atom. The second kappa shape index (κ2) is 1.44. The van der Waals surface area contributed by atoms with Crippen molar-refractivity contribution in [2.45, 2.75) is 0 Å². The number of hydrogen-bond acceptors (Lipinski definition) is 4. The van der Waals surface area contributed by atoms with Crippen LogP contribution >= 0.6 is 11.5 Å². The van der Waals surface area contributed by atoms with Gasteiger partial charge in [0.2, 0.25) is 0 Å². The zero-order valence-corrected chi connectivity index (χ0v) is 5.30. The van der Waals surface area contributed by atoms with Gasteiger partial charge in [-0.1, -0.05) is 0 Å². The van der Waals surface area contributed by atoms with E-state index in [1.807, 2.05) is 0 Å². The SMILES string of the molecule is Nn1ncc2sncc21. The van der Waals surface area contributed by atoms with Gasteiger partial charge >= 0.3 is 0 Å². The van der Waals surface area contributed by atoms with E-state index in [0.29, 0.717) is 0 Å². The molecule has 0 atom stereocenters. The van der Waals surface area contributed by atoms with E-state index in [-0.39, 0.29) is 0 Å². The van der Waals surface area contributed by atoms with Gasteiger partial charge < -0.3 is 5.84 Å². The summed E-state index contributed by atoms with van der Waals surface area (Å²) in [4.78, 5) is 1.32. The summed E-state index contributed by atoms with van der Waals surface area (Å²) in [5.74, 6) is 5.39. The van der Waals surface area contributed by atoms with Crippen molar-refractivity contribution in [2.24, 2.45) is 0 Å². The number of aromatic nitrogens is 3. The van der Waals surface area contributed by atoms with Gasteiger partial charge in [-0.3, -0.25) is 0 Å². The molecule has 5 heteroatoms. The Labute approximate surface area is 55.0 Å². The lowest BCUT2D eigenvalue weighted by atomic mass is 10.6. The van der Waals surface area contributed by atoms with Crippen LogP contribution in [-0.2, 0) is 0 Å². The average Bonchev–Trinajstić information content (AvgIpc) is 2.35. The van der Waals surface area contributed by atoms with E-state index in [1.54, 1.807) is 12.4 Å². The standard InChI is InChI=1S/C4H4N4S/c5-8-3-1-7-9-4(3)2-6-8/h1-2H,5H2. The van der Waals surface area contributed by atoms with Gasteiger partial charge in [0.1, 0.15) is 5.52 Å². The molecule has 2 rings (SSSR count). The molecule has 2 aromatic rings. The summed E-state index contributed by atoms with van der Waals surface area (Å²) in [5.41, 5.74) is 0.889. The summed E-state index contributed by atoms with van der Waals surface area (Å²) in [6.45, 7) is 0. The predicted molar refractivity (Wildman–Crippen MR) is 35.6 cm³/mol. The molecule has 9 heavy (non-hydrogen) atoms. The highest BCUT2D eigenvalue weighted by molar-refractivity contribution is 7.13. The maximum absolute atomic E-state index is 5.39. The molecule has 0 radical (unpaired) electrons. The number of nitrogens with zero attached hydrogens (tertiary/aromatic N) is 3. The molecule has 0 aliphatic rings. The van der Waals surface area contributed by atoms with Gasteiger partial charge in [-0.15, -0.1) is 0 Å². The van der Waals surface area contributed by atoms with Crippen LogP contribution in [-0.4, -0.2) is 14.3 Å². The van der Waals surface area contributed by atoms with E-state index in [9.17, 15) is 0 Å². The lowest BCUT2D eigenvalue weighted by molar-refractivity contribution is 0.861. The fraction of sp³-hybridized carbons (Fsp3) is 0. The molecular weight excluding hydrogens is 136 g/mol. The van der Waals surface area contributed by atoms with E-state index < -0.39 is 0 Å². The fourth-order valence-electron chi connectivity index (χ4n) is 0.682. The maximum Gasteiger partial charge on any atom is 0.122 e. The number of nitrogens with two attached hydrogens (primary N) is 1. The molecule has 0 saturated carbocycles. The van der Waals surface area contributed by atoms with E-state index in [1.165, 1.54) is 16.3 Å². The molecule has 0 aliphatic heterocycles. The normalized spacial score (nSPS) is 10.7. The van der Waals surface area contributed by atoms with Crippen molar-refractivity contribution in [3.05, 3.63) is 12.4 Å². The van der Waals surface area contributed by atoms with Gasteiger partial charge in [0.15, 0.2) is 0 Å². The molecule has 0 amide bonds. The largest absolute Gasteiger partial charge is 0.323 e. The summed E-state index contributed by atoms with van der Waals surface area (Å²) in [5, 5.41) is 3.82. The lowest BCUT2D eigenvalue weighted by Crippen LogP contribution is -2.08. The second-order valence-electron chi connectivity index (χ2n) is 1.66. The first-order chi connectivity index (χ1) is 4.38. The van der Waals surface area contributed by atoms with Crippen LogP contribution in [0.4, 0.5) is 0 Å². The van der Waals surface area contributed by atoms with Crippen molar-refractivity contribution in [3.63, 3.8) is 0 Å². The maximum atomic E-state index is 5.39. The highest BCUT2D eigenvalue weighted by Gasteiger charge is 1.99. The van der Waals surface area contributed by atoms with Crippen LogP contribution in [0.15, 0.2) is 12.4 Å². The molecule has 0 aromatic carbocycles. The molecule has 2 heterocycles. The third kappa shape index (κ3) is 0.517. The van der Waals surface area contributed by atoms with Crippen LogP contribution < -0.4 is 5.84 Å². The Kier molecular flexibility index (Phi) is 0.762. The third-order valence-electron chi connectivity index (χ3n) is 1.12. The minimum absolute atomic E-state index is 0.889. The monoisotopic (exact) mass is 140 g/mol. The van der Waals surface area contributed by atoms with Gasteiger partial charge in [-0.25, -0.2) is 0 Å². The van der Waals surface area contributed by atoms with Crippen LogP contribution in [0.2, 0.25) is 0 Å². The van der Waals surface area contributed by atoms with Gasteiger partial charge in [0, 0.05) is 0 Å². The summed E-state index contributed by atoms with van der Waals surface area (Å²) in [6, 6.07) is 0. The molecule has 0 saturated heterocycles. The average molecular weight is 140 g/mol. The number of hydrogen-bond donors (Lipinski definition) is 1. The van der Waals surface area contributed by atoms with E-state index in [0.717, 1.165) is 10.2 Å². The quantitative estimate of drug-likeness (QED) is 0.532. The zero-order valence-electron chi connectivity index (χ0n) is 4.48. The van der Waals surface area contributed by atoms with Crippen molar-refractivity contribution < 1.29 is 0 Å². The fourth-order valence-corrected chi connectivity index (χ4v) is 1.28. The molecule has 0 aliphatic carbocycles. The summed E-state index contributed by atoms with van der Waals surface area (Å²) in [6.07, 6.45) is 3.40. The van der Waals surface area contributed by atoms with Gasteiger partial charge in [0.05, 0.1) is 17.1 Å². The summed E-state index contributed by atoms with van der Waals surface area (Å²) < 4.78 is 4.95. The highest BCUT2D eigenvalue weighted by Crippen LogP contribution is 2.13. The van der Waals surface area contributed by atoms with Crippen LogP contribution in [0, 0.1) is 0 Å². The van der Waals surface area contributed by atoms with Crippen LogP contribution in [0.25, 0.3) is 10.2 Å². The molecule has 2 N–H and O–H groups in total. The Balaban J connectivity index is 2.99. The van der Waals surface area contributed by atoms with Crippen molar-refractivity contribution >= 4 is 21.7 Å². The lowest BCUT2D eigenvalue weighted by Gasteiger charge is -1.83. The Morgan fingerprint density at radius 1 is 1.56 bits per heavy atom. The Morgan fingerprint density at radius 2 is 2.44 bits per heavy atom. The van der Waals surface area contributed by atoms with Gasteiger partial charge in [-0.05, 0) is 11.5 Å². The molecule has 0 spiro atoms. The van der Waals surface area contributed by atoms with Crippen LogP contribution in [0.1, 0.15) is 0 Å². The van der Waals surface area contributed by atoms with Crippen LogP contribution in [0.3, 0.4) is 0 Å². The molecule has 46 valence electrons. The first kappa shape index (κ1) is 4.75. The smallest absolute Gasteiger partial charge is 0.122 e. The number of rotatable bonds is 0. The zero-order chi connectivity index (χ0) is 6.27. The van der Waals surface area contributed by atoms with E-state index in [4.69, 9.17) is 5.84 Å². The van der Waals surface area contributed by atoms with Crippen molar-refractivity contribution in [1.29, 1.82) is 0 Å². The van der Waals surface area contributed by atoms with Gasteiger partial charge in [0.25, 0.3) is 0 Å². The molecular formula is C4H4N4S. The number of fused-ring (bicyclic) bond motifs is 1.